The highest BCUT2D eigenvalue weighted by Gasteiger charge is 2.17. The van der Waals surface area contributed by atoms with Gasteiger partial charge >= 0.3 is 5.97 Å². The number of hydrogen-bond acceptors (Lipinski definition) is 3. The van der Waals surface area contributed by atoms with Gasteiger partial charge in [-0.3, -0.25) is 0 Å². The molecule has 2 aromatic rings. The van der Waals surface area contributed by atoms with Gasteiger partial charge in [0.25, 0.3) is 0 Å². The molecule has 2 rings (SSSR count). The number of carbonyl (C=O) groups excluding carboxylic acids is 1. The molecule has 0 aliphatic heterocycles. The number of rotatable bonds is 1. The molecule has 0 aliphatic carbocycles. The van der Waals surface area contributed by atoms with E-state index in [1.165, 1.54) is 7.11 Å². The second-order valence-corrected chi connectivity index (χ2v) is 4.27. The van der Waals surface area contributed by atoms with Gasteiger partial charge < -0.3 is 4.74 Å². The molecule has 5 heteroatoms. The van der Waals surface area contributed by atoms with E-state index in [0.29, 0.717) is 15.0 Å². The number of aromatic nitrogens is 1. The van der Waals surface area contributed by atoms with Gasteiger partial charge in [0.1, 0.15) is 0 Å². The van der Waals surface area contributed by atoms with Gasteiger partial charge in [-0.05, 0) is 22.0 Å². The first kappa shape index (κ1) is 11.4. The van der Waals surface area contributed by atoms with Gasteiger partial charge in [0.15, 0.2) is 5.69 Å². The summed E-state index contributed by atoms with van der Waals surface area (Å²) in [4.78, 5) is 15.7. The molecule has 16 heavy (non-hydrogen) atoms. The zero-order chi connectivity index (χ0) is 11.7. The van der Waals surface area contributed by atoms with E-state index in [0.717, 1.165) is 5.39 Å². The standard InChI is InChI=1S/C11H7BrClNO2/c1-16-11(15)10-8(12)9(13)6-4-2-3-5-7(6)14-10/h2-5H,1H3. The van der Waals surface area contributed by atoms with Crippen LogP contribution in [-0.2, 0) is 4.74 Å². The largest absolute Gasteiger partial charge is 0.464 e. The average molecular weight is 301 g/mol. The Bertz CT molecular complexity index is 571. The molecule has 0 saturated heterocycles. The molecule has 0 spiro atoms. The van der Waals surface area contributed by atoms with Crippen molar-refractivity contribution < 1.29 is 9.53 Å². The van der Waals surface area contributed by atoms with E-state index in [1.807, 2.05) is 18.2 Å². The summed E-state index contributed by atoms with van der Waals surface area (Å²) >= 11 is 9.39. The number of methoxy groups -OCH3 is 1. The van der Waals surface area contributed by atoms with Crippen LogP contribution in [0.4, 0.5) is 0 Å². The second-order valence-electron chi connectivity index (χ2n) is 3.10. The number of ether oxygens (including phenoxy) is 1. The van der Waals surface area contributed by atoms with Crippen LogP contribution in [0.25, 0.3) is 10.9 Å². The smallest absolute Gasteiger partial charge is 0.357 e. The number of pyridine rings is 1. The van der Waals surface area contributed by atoms with Crippen molar-refractivity contribution in [2.45, 2.75) is 0 Å². The Labute approximate surface area is 106 Å². The molecule has 0 saturated carbocycles. The Morgan fingerprint density at radius 1 is 1.44 bits per heavy atom. The van der Waals surface area contributed by atoms with E-state index in [-0.39, 0.29) is 5.69 Å². The molecule has 1 aromatic heterocycles. The zero-order valence-electron chi connectivity index (χ0n) is 8.33. The van der Waals surface area contributed by atoms with Crippen LogP contribution in [0.2, 0.25) is 5.02 Å². The SMILES string of the molecule is COC(=O)c1nc2ccccc2c(Cl)c1Br. The van der Waals surface area contributed by atoms with Crippen molar-refractivity contribution in [1.82, 2.24) is 4.98 Å². The maximum absolute atomic E-state index is 11.5. The van der Waals surface area contributed by atoms with E-state index >= 15 is 0 Å². The fourth-order valence-corrected chi connectivity index (χ4v) is 2.09. The minimum Gasteiger partial charge on any atom is -0.464 e. The highest BCUT2D eigenvalue weighted by Crippen LogP contribution is 2.32. The van der Waals surface area contributed by atoms with Crippen molar-refractivity contribution in [1.29, 1.82) is 0 Å². The van der Waals surface area contributed by atoms with E-state index in [2.05, 4.69) is 25.7 Å². The van der Waals surface area contributed by atoms with Crippen LogP contribution in [-0.4, -0.2) is 18.1 Å². The number of nitrogens with zero attached hydrogens (tertiary/aromatic N) is 1. The summed E-state index contributed by atoms with van der Waals surface area (Å²) in [5, 5.41) is 1.26. The lowest BCUT2D eigenvalue weighted by atomic mass is 10.2. The minimum atomic E-state index is -0.514. The number of esters is 1. The number of fused-ring (bicyclic) bond motifs is 1. The Balaban J connectivity index is 2.78. The molecule has 0 N–H and O–H groups in total. The lowest BCUT2D eigenvalue weighted by Crippen LogP contribution is -2.06. The minimum absolute atomic E-state index is 0.186. The summed E-state index contributed by atoms with van der Waals surface area (Å²) in [5.41, 5.74) is 0.849. The first-order valence-electron chi connectivity index (χ1n) is 4.47. The van der Waals surface area contributed by atoms with Crippen molar-refractivity contribution in [2.24, 2.45) is 0 Å². The summed E-state index contributed by atoms with van der Waals surface area (Å²) < 4.78 is 5.09. The third-order valence-corrected chi connectivity index (χ3v) is 3.55. The molecule has 3 nitrogen and oxygen atoms in total. The predicted molar refractivity (Wildman–Crippen MR) is 65.8 cm³/mol. The normalized spacial score (nSPS) is 10.4. The lowest BCUT2D eigenvalue weighted by molar-refractivity contribution is 0.0593. The maximum Gasteiger partial charge on any atom is 0.357 e. The van der Waals surface area contributed by atoms with E-state index < -0.39 is 5.97 Å². The van der Waals surface area contributed by atoms with Crippen LogP contribution < -0.4 is 0 Å². The maximum atomic E-state index is 11.5. The Morgan fingerprint density at radius 2 is 2.12 bits per heavy atom. The molecule has 82 valence electrons. The van der Waals surface area contributed by atoms with Crippen molar-refractivity contribution >= 4 is 44.4 Å². The van der Waals surface area contributed by atoms with Crippen LogP contribution in [0, 0.1) is 0 Å². The summed E-state index contributed by atoms with van der Waals surface area (Å²) in [6, 6.07) is 7.33. The quantitative estimate of drug-likeness (QED) is 0.757. The third-order valence-electron chi connectivity index (χ3n) is 2.15. The second kappa shape index (κ2) is 4.39. The van der Waals surface area contributed by atoms with Crippen LogP contribution in [0.3, 0.4) is 0 Å². The van der Waals surface area contributed by atoms with Gasteiger partial charge in [0.05, 0.1) is 22.1 Å². The fraction of sp³-hybridized carbons (Fsp3) is 0.0909. The predicted octanol–water partition coefficient (Wildman–Crippen LogP) is 3.44. The van der Waals surface area contributed by atoms with Crippen molar-refractivity contribution in [3.05, 3.63) is 39.5 Å². The van der Waals surface area contributed by atoms with Gasteiger partial charge in [-0.15, -0.1) is 0 Å². The Kier molecular flexibility index (Phi) is 3.12. The van der Waals surface area contributed by atoms with E-state index in [1.54, 1.807) is 6.07 Å². The topological polar surface area (TPSA) is 39.2 Å². The molecule has 1 aromatic carbocycles. The Morgan fingerprint density at radius 3 is 2.81 bits per heavy atom. The molecule has 0 radical (unpaired) electrons. The molecule has 0 atom stereocenters. The molecule has 0 aliphatic rings. The van der Waals surface area contributed by atoms with Gasteiger partial charge in [0, 0.05) is 5.39 Å². The third kappa shape index (κ3) is 1.79. The van der Waals surface area contributed by atoms with Gasteiger partial charge in [0.2, 0.25) is 0 Å². The molecule has 0 fully saturated rings. The number of carbonyl (C=O) groups is 1. The van der Waals surface area contributed by atoms with Gasteiger partial charge in [-0.2, -0.15) is 0 Å². The highest BCUT2D eigenvalue weighted by atomic mass is 79.9. The number of hydrogen-bond donors (Lipinski definition) is 0. The summed E-state index contributed by atoms with van der Waals surface area (Å²) in [7, 11) is 1.31. The monoisotopic (exact) mass is 299 g/mol. The first-order valence-corrected chi connectivity index (χ1v) is 5.64. The van der Waals surface area contributed by atoms with E-state index in [4.69, 9.17) is 11.6 Å². The molecular formula is C11H7BrClNO2. The molecule has 1 heterocycles. The van der Waals surface area contributed by atoms with Gasteiger partial charge in [-0.25, -0.2) is 9.78 Å². The zero-order valence-corrected chi connectivity index (χ0v) is 10.7. The first-order chi connectivity index (χ1) is 7.65. The number of benzene rings is 1. The summed E-state index contributed by atoms with van der Waals surface area (Å²) in [6.07, 6.45) is 0. The fourth-order valence-electron chi connectivity index (χ4n) is 1.38. The molecule has 0 bridgehead atoms. The van der Waals surface area contributed by atoms with Crippen LogP contribution in [0.1, 0.15) is 10.5 Å². The van der Waals surface area contributed by atoms with Crippen LogP contribution in [0.5, 0.6) is 0 Å². The van der Waals surface area contributed by atoms with Gasteiger partial charge in [-0.1, -0.05) is 29.8 Å². The number of para-hydroxylation sites is 1. The lowest BCUT2D eigenvalue weighted by Gasteiger charge is -2.06. The van der Waals surface area contributed by atoms with Crippen molar-refractivity contribution in [3.63, 3.8) is 0 Å². The highest BCUT2D eigenvalue weighted by molar-refractivity contribution is 9.10. The molecule has 0 unspecified atom stereocenters. The summed E-state index contributed by atoms with van der Waals surface area (Å²) in [6.45, 7) is 0. The Hall–Kier alpha value is -1.13. The summed E-state index contributed by atoms with van der Waals surface area (Å²) in [5.74, 6) is -0.514. The molecular weight excluding hydrogens is 293 g/mol. The van der Waals surface area contributed by atoms with Crippen LogP contribution in [0.15, 0.2) is 28.7 Å². The number of halogens is 2. The van der Waals surface area contributed by atoms with Crippen molar-refractivity contribution in [2.75, 3.05) is 7.11 Å². The van der Waals surface area contributed by atoms with Crippen molar-refractivity contribution in [3.8, 4) is 0 Å². The molecule has 0 amide bonds. The average Bonchev–Trinajstić information content (AvgIpc) is 2.33. The van der Waals surface area contributed by atoms with Crippen LogP contribution >= 0.6 is 27.5 Å². The van der Waals surface area contributed by atoms with E-state index in [9.17, 15) is 4.79 Å².